The first-order valence-corrected chi connectivity index (χ1v) is 10.4. The summed E-state index contributed by atoms with van der Waals surface area (Å²) < 4.78 is 57.3. The Morgan fingerprint density at radius 3 is 2.75 bits per heavy atom. The summed E-state index contributed by atoms with van der Waals surface area (Å²) >= 11 is 0. The van der Waals surface area contributed by atoms with Crippen LogP contribution in [0.1, 0.15) is 6.42 Å². The van der Waals surface area contributed by atoms with E-state index in [-0.39, 0.29) is 24.1 Å². The summed E-state index contributed by atoms with van der Waals surface area (Å²) in [5, 5.41) is 1.48. The number of furan rings is 1. The number of hydrogen-bond donors (Lipinski definition) is 1. The van der Waals surface area contributed by atoms with Gasteiger partial charge in [-0.25, -0.2) is 21.6 Å². The van der Waals surface area contributed by atoms with Crippen LogP contribution in [0, 0.1) is 5.92 Å². The van der Waals surface area contributed by atoms with Crippen LogP contribution in [-0.4, -0.2) is 40.8 Å². The predicted molar refractivity (Wildman–Crippen MR) is 90.2 cm³/mol. The van der Waals surface area contributed by atoms with Crippen LogP contribution in [0.25, 0.3) is 11.0 Å². The van der Waals surface area contributed by atoms with Gasteiger partial charge in [0, 0.05) is 36.5 Å². The van der Waals surface area contributed by atoms with E-state index in [9.17, 15) is 16.8 Å². The van der Waals surface area contributed by atoms with Crippen molar-refractivity contribution in [2.75, 3.05) is 19.6 Å². The standard InChI is InChI=1S/C15H18N2O5S2/c1-2-23(18,19)16-10-12-7-8-17(11-12)24(20,21)15-9-13-5-3-4-6-14(13)22-15/h2-6,9,12,16H,1,7-8,10-11H2/t12-/m1/s1. The van der Waals surface area contributed by atoms with Crippen molar-refractivity contribution in [3.63, 3.8) is 0 Å². The summed E-state index contributed by atoms with van der Waals surface area (Å²) in [6.07, 6.45) is 0.582. The minimum atomic E-state index is -3.72. The number of para-hydroxylation sites is 1. The van der Waals surface area contributed by atoms with Gasteiger partial charge < -0.3 is 4.42 Å². The van der Waals surface area contributed by atoms with E-state index in [2.05, 4.69) is 11.3 Å². The van der Waals surface area contributed by atoms with Crippen LogP contribution in [-0.2, 0) is 20.0 Å². The highest BCUT2D eigenvalue weighted by molar-refractivity contribution is 7.92. The number of benzene rings is 1. The molecule has 1 aromatic heterocycles. The predicted octanol–water partition coefficient (Wildman–Crippen LogP) is 1.51. The molecule has 0 spiro atoms. The molecule has 9 heteroatoms. The monoisotopic (exact) mass is 370 g/mol. The summed E-state index contributed by atoms with van der Waals surface area (Å²) in [5.41, 5.74) is 0.519. The zero-order chi connectivity index (χ0) is 17.4. The molecule has 1 atom stereocenters. The zero-order valence-corrected chi connectivity index (χ0v) is 14.5. The van der Waals surface area contributed by atoms with Crippen molar-refractivity contribution in [1.82, 2.24) is 9.03 Å². The maximum atomic E-state index is 12.7. The summed E-state index contributed by atoms with van der Waals surface area (Å²) in [4.78, 5) is 0. The van der Waals surface area contributed by atoms with Crippen LogP contribution in [0.5, 0.6) is 0 Å². The molecule has 1 N–H and O–H groups in total. The van der Waals surface area contributed by atoms with Crippen LogP contribution in [0.2, 0.25) is 0 Å². The molecule has 0 bridgehead atoms. The first-order chi connectivity index (χ1) is 11.3. The third-order valence-corrected chi connectivity index (χ3v) is 6.77. The molecule has 1 aliphatic rings. The lowest BCUT2D eigenvalue weighted by Gasteiger charge is -2.14. The second kappa shape index (κ2) is 6.32. The van der Waals surface area contributed by atoms with Crippen molar-refractivity contribution >= 4 is 31.0 Å². The van der Waals surface area contributed by atoms with Gasteiger partial charge >= 0.3 is 0 Å². The van der Waals surface area contributed by atoms with Crippen molar-refractivity contribution in [2.24, 2.45) is 5.92 Å². The van der Waals surface area contributed by atoms with Gasteiger partial charge in [0.15, 0.2) is 0 Å². The fourth-order valence-corrected chi connectivity index (χ4v) is 4.75. The first kappa shape index (κ1) is 17.2. The van der Waals surface area contributed by atoms with Gasteiger partial charge in [-0.3, -0.25) is 0 Å². The van der Waals surface area contributed by atoms with Crippen LogP contribution in [0.15, 0.2) is 51.8 Å². The van der Waals surface area contributed by atoms with E-state index in [1.165, 1.54) is 10.4 Å². The van der Waals surface area contributed by atoms with Crippen LogP contribution < -0.4 is 4.72 Å². The van der Waals surface area contributed by atoms with Gasteiger partial charge in [0.1, 0.15) is 5.58 Å². The fraction of sp³-hybridized carbons (Fsp3) is 0.333. The van der Waals surface area contributed by atoms with Crippen LogP contribution >= 0.6 is 0 Å². The third-order valence-electron chi connectivity index (χ3n) is 4.04. The van der Waals surface area contributed by atoms with Crippen molar-refractivity contribution < 1.29 is 21.3 Å². The second-order valence-electron chi connectivity index (χ2n) is 5.68. The smallest absolute Gasteiger partial charge is 0.276 e. The number of sulfonamides is 2. The Kier molecular flexibility index (Phi) is 4.52. The molecule has 1 aliphatic heterocycles. The van der Waals surface area contributed by atoms with E-state index in [1.54, 1.807) is 18.2 Å². The van der Waals surface area contributed by atoms with Gasteiger partial charge in [-0.1, -0.05) is 24.8 Å². The molecule has 3 rings (SSSR count). The SMILES string of the molecule is C=CS(=O)(=O)NC[C@H]1CCN(S(=O)(=O)c2cc3ccccc3o2)C1. The fourth-order valence-electron chi connectivity index (χ4n) is 2.69. The van der Waals surface area contributed by atoms with Crippen LogP contribution in [0.3, 0.4) is 0 Å². The van der Waals surface area contributed by atoms with Gasteiger partial charge in [0.05, 0.1) is 0 Å². The van der Waals surface area contributed by atoms with Crippen molar-refractivity contribution in [3.05, 3.63) is 42.3 Å². The molecule has 0 radical (unpaired) electrons. The zero-order valence-electron chi connectivity index (χ0n) is 12.9. The molecule has 1 aromatic carbocycles. The van der Waals surface area contributed by atoms with Crippen molar-refractivity contribution in [1.29, 1.82) is 0 Å². The van der Waals surface area contributed by atoms with Gasteiger partial charge in [0.25, 0.3) is 10.0 Å². The minimum Gasteiger partial charge on any atom is -0.443 e. The normalized spacial score (nSPS) is 19.8. The molecule has 1 fully saturated rings. The van der Waals surface area contributed by atoms with Gasteiger partial charge in [0.2, 0.25) is 15.1 Å². The minimum absolute atomic E-state index is 0.0844. The molecule has 1 saturated heterocycles. The number of nitrogens with one attached hydrogen (secondary N) is 1. The molecule has 0 amide bonds. The second-order valence-corrected chi connectivity index (χ2v) is 9.26. The lowest BCUT2D eigenvalue weighted by Crippen LogP contribution is -2.32. The summed E-state index contributed by atoms with van der Waals surface area (Å²) in [6, 6.07) is 8.60. The highest BCUT2D eigenvalue weighted by Crippen LogP contribution is 2.28. The van der Waals surface area contributed by atoms with E-state index in [1.807, 2.05) is 6.07 Å². The molecule has 0 aliphatic carbocycles. The lowest BCUT2D eigenvalue weighted by molar-refractivity contribution is 0.418. The largest absolute Gasteiger partial charge is 0.443 e. The summed E-state index contributed by atoms with van der Waals surface area (Å²) in [6.45, 7) is 3.99. The summed E-state index contributed by atoms with van der Waals surface area (Å²) in [5.74, 6) is -0.0844. The lowest BCUT2D eigenvalue weighted by atomic mass is 10.1. The molecule has 0 saturated carbocycles. The summed E-state index contributed by atoms with van der Waals surface area (Å²) in [7, 11) is -7.23. The van der Waals surface area contributed by atoms with Crippen molar-refractivity contribution in [2.45, 2.75) is 11.5 Å². The van der Waals surface area contributed by atoms with Gasteiger partial charge in [-0.05, 0) is 18.4 Å². The van der Waals surface area contributed by atoms with E-state index < -0.39 is 20.0 Å². The Hall–Kier alpha value is -1.68. The third kappa shape index (κ3) is 3.39. The Balaban J connectivity index is 1.73. The molecule has 2 heterocycles. The number of fused-ring (bicyclic) bond motifs is 1. The highest BCUT2D eigenvalue weighted by Gasteiger charge is 2.34. The average molecular weight is 370 g/mol. The number of nitrogens with zero attached hydrogens (tertiary/aromatic N) is 1. The maximum Gasteiger partial charge on any atom is 0.276 e. The van der Waals surface area contributed by atoms with Gasteiger partial charge in [-0.2, -0.15) is 4.31 Å². The molecule has 2 aromatic rings. The van der Waals surface area contributed by atoms with Gasteiger partial charge in [-0.15, -0.1) is 0 Å². The Morgan fingerprint density at radius 2 is 2.04 bits per heavy atom. The molecule has 130 valence electrons. The molecular formula is C15H18N2O5S2. The average Bonchev–Trinajstić information content (AvgIpc) is 3.20. The molecule has 24 heavy (non-hydrogen) atoms. The quantitative estimate of drug-likeness (QED) is 0.831. The molecular weight excluding hydrogens is 352 g/mol. The molecule has 7 nitrogen and oxygen atoms in total. The van der Waals surface area contributed by atoms with Crippen molar-refractivity contribution in [3.8, 4) is 0 Å². The van der Waals surface area contributed by atoms with E-state index in [4.69, 9.17) is 4.42 Å². The van der Waals surface area contributed by atoms with E-state index in [0.717, 1.165) is 10.8 Å². The maximum absolute atomic E-state index is 12.7. The Bertz CT molecular complexity index is 930. The Morgan fingerprint density at radius 1 is 1.29 bits per heavy atom. The first-order valence-electron chi connectivity index (χ1n) is 7.43. The number of hydrogen-bond acceptors (Lipinski definition) is 5. The Labute approximate surface area is 141 Å². The van der Waals surface area contributed by atoms with Crippen LogP contribution in [0.4, 0.5) is 0 Å². The molecule has 0 unspecified atom stereocenters. The van der Waals surface area contributed by atoms with E-state index >= 15 is 0 Å². The highest BCUT2D eigenvalue weighted by atomic mass is 32.2. The van der Waals surface area contributed by atoms with E-state index in [0.29, 0.717) is 18.5 Å². The topological polar surface area (TPSA) is 96.7 Å². The number of rotatable bonds is 6.